The van der Waals surface area contributed by atoms with Crippen molar-refractivity contribution >= 4 is 21.6 Å². The Morgan fingerprint density at radius 3 is 2.76 bits per heavy atom. The standard InChI is InChI=1S/C15H25BrN4O/c1-4-7-17-11(2)12-5-8-20(9-6-12)13-10-18-19(3)15(21)14(13)16/h10-12,17H,4-9H2,1-3H3. The SMILES string of the molecule is CCCNC(C)C1CCN(c2cnn(C)c(=O)c2Br)CC1. The largest absolute Gasteiger partial charge is 0.369 e. The van der Waals surface area contributed by atoms with Crippen molar-refractivity contribution in [3.63, 3.8) is 0 Å². The lowest BCUT2D eigenvalue weighted by Crippen LogP contribution is -2.42. The molecule has 1 aliphatic heterocycles. The molecule has 0 radical (unpaired) electrons. The van der Waals surface area contributed by atoms with Gasteiger partial charge in [-0.2, -0.15) is 5.10 Å². The molecular formula is C15H25BrN4O. The zero-order chi connectivity index (χ0) is 15.4. The van der Waals surface area contributed by atoms with Crippen LogP contribution in [0.4, 0.5) is 5.69 Å². The van der Waals surface area contributed by atoms with Crippen molar-refractivity contribution in [3.8, 4) is 0 Å². The van der Waals surface area contributed by atoms with Crippen LogP contribution in [0.2, 0.25) is 0 Å². The third-order valence-corrected chi connectivity index (χ3v) is 5.11. The van der Waals surface area contributed by atoms with Gasteiger partial charge in [0.15, 0.2) is 0 Å². The first kappa shape index (κ1) is 16.5. The van der Waals surface area contributed by atoms with Crippen LogP contribution in [-0.4, -0.2) is 35.5 Å². The Kier molecular flexibility index (Phi) is 5.81. The van der Waals surface area contributed by atoms with Crippen LogP contribution in [0.3, 0.4) is 0 Å². The van der Waals surface area contributed by atoms with E-state index in [4.69, 9.17) is 0 Å². The molecule has 0 aromatic carbocycles. The summed E-state index contributed by atoms with van der Waals surface area (Å²) in [5.41, 5.74) is 0.846. The molecule has 1 fully saturated rings. The lowest BCUT2D eigenvalue weighted by molar-refractivity contribution is 0.311. The summed E-state index contributed by atoms with van der Waals surface area (Å²) in [4.78, 5) is 14.2. The van der Waals surface area contributed by atoms with Crippen LogP contribution in [0.15, 0.2) is 15.5 Å². The van der Waals surface area contributed by atoms with Gasteiger partial charge in [0.25, 0.3) is 5.56 Å². The van der Waals surface area contributed by atoms with Crippen molar-refractivity contribution in [3.05, 3.63) is 21.0 Å². The summed E-state index contributed by atoms with van der Waals surface area (Å²) in [6.07, 6.45) is 5.26. The minimum absolute atomic E-state index is 0.0763. The highest BCUT2D eigenvalue weighted by atomic mass is 79.9. The number of aromatic nitrogens is 2. The van der Waals surface area contributed by atoms with Crippen LogP contribution in [0.1, 0.15) is 33.1 Å². The number of nitrogens with one attached hydrogen (secondary N) is 1. The quantitative estimate of drug-likeness (QED) is 0.877. The maximum atomic E-state index is 11.9. The number of hydrogen-bond donors (Lipinski definition) is 1. The molecule has 0 aliphatic carbocycles. The molecule has 118 valence electrons. The van der Waals surface area contributed by atoms with Gasteiger partial charge in [0.05, 0.1) is 11.9 Å². The van der Waals surface area contributed by atoms with Crippen molar-refractivity contribution in [2.24, 2.45) is 13.0 Å². The number of halogens is 1. The second-order valence-corrected chi connectivity index (χ2v) is 6.63. The fraction of sp³-hybridized carbons (Fsp3) is 0.733. The summed E-state index contributed by atoms with van der Waals surface area (Å²) < 4.78 is 1.98. The molecule has 2 heterocycles. The minimum atomic E-state index is -0.0763. The first-order valence-corrected chi connectivity index (χ1v) is 8.54. The molecule has 0 saturated carbocycles. The average molecular weight is 357 g/mol. The summed E-state index contributed by atoms with van der Waals surface area (Å²) >= 11 is 3.42. The summed E-state index contributed by atoms with van der Waals surface area (Å²) in [5.74, 6) is 0.714. The predicted molar refractivity (Wildman–Crippen MR) is 89.9 cm³/mol. The Morgan fingerprint density at radius 1 is 1.48 bits per heavy atom. The highest BCUT2D eigenvalue weighted by Crippen LogP contribution is 2.28. The molecule has 1 atom stereocenters. The average Bonchev–Trinajstić information content (AvgIpc) is 2.51. The number of nitrogens with zero attached hydrogens (tertiary/aromatic N) is 3. The second-order valence-electron chi connectivity index (χ2n) is 5.84. The van der Waals surface area contributed by atoms with Crippen LogP contribution >= 0.6 is 15.9 Å². The smallest absolute Gasteiger partial charge is 0.282 e. The molecular weight excluding hydrogens is 332 g/mol. The van der Waals surface area contributed by atoms with Gasteiger partial charge in [0, 0.05) is 26.2 Å². The van der Waals surface area contributed by atoms with Gasteiger partial charge < -0.3 is 10.2 Å². The van der Waals surface area contributed by atoms with Crippen LogP contribution in [0.5, 0.6) is 0 Å². The van der Waals surface area contributed by atoms with E-state index in [1.54, 1.807) is 13.2 Å². The molecule has 5 nitrogen and oxygen atoms in total. The van der Waals surface area contributed by atoms with Gasteiger partial charge >= 0.3 is 0 Å². The lowest BCUT2D eigenvalue weighted by atomic mass is 9.90. The van der Waals surface area contributed by atoms with E-state index in [1.165, 1.54) is 11.1 Å². The fourth-order valence-corrected chi connectivity index (χ4v) is 3.51. The first-order valence-electron chi connectivity index (χ1n) is 7.74. The van der Waals surface area contributed by atoms with Gasteiger partial charge in [-0.25, -0.2) is 4.68 Å². The van der Waals surface area contributed by atoms with Crippen LogP contribution < -0.4 is 15.8 Å². The molecule has 0 bridgehead atoms. The maximum Gasteiger partial charge on any atom is 0.282 e. The van der Waals surface area contributed by atoms with Crippen molar-refractivity contribution in [2.45, 2.75) is 39.2 Å². The van der Waals surface area contributed by atoms with Crippen molar-refractivity contribution in [1.29, 1.82) is 0 Å². The topological polar surface area (TPSA) is 50.2 Å². The van der Waals surface area contributed by atoms with Crippen molar-refractivity contribution < 1.29 is 0 Å². The number of hydrogen-bond acceptors (Lipinski definition) is 4. The van der Waals surface area contributed by atoms with E-state index in [0.29, 0.717) is 16.4 Å². The van der Waals surface area contributed by atoms with Crippen molar-refractivity contribution in [1.82, 2.24) is 15.1 Å². The highest BCUT2D eigenvalue weighted by Gasteiger charge is 2.25. The van der Waals surface area contributed by atoms with Gasteiger partial charge in [-0.15, -0.1) is 0 Å². The van der Waals surface area contributed by atoms with Gasteiger partial charge in [0.1, 0.15) is 4.47 Å². The molecule has 1 aliphatic rings. The van der Waals surface area contributed by atoms with Crippen LogP contribution in [0, 0.1) is 5.92 Å². The van der Waals surface area contributed by atoms with Gasteiger partial charge in [-0.05, 0) is 54.6 Å². The number of aryl methyl sites for hydroxylation is 1. The summed E-state index contributed by atoms with van der Waals surface area (Å²) in [7, 11) is 1.67. The number of rotatable bonds is 5. The van der Waals surface area contributed by atoms with Crippen LogP contribution in [-0.2, 0) is 7.05 Å². The molecule has 1 N–H and O–H groups in total. The highest BCUT2D eigenvalue weighted by molar-refractivity contribution is 9.10. The van der Waals surface area contributed by atoms with E-state index in [1.807, 2.05) is 0 Å². The zero-order valence-corrected chi connectivity index (χ0v) is 14.7. The van der Waals surface area contributed by atoms with E-state index in [9.17, 15) is 4.79 Å². The molecule has 21 heavy (non-hydrogen) atoms. The summed E-state index contributed by atoms with van der Waals surface area (Å²) in [5, 5.41) is 7.72. The Morgan fingerprint density at radius 2 is 2.14 bits per heavy atom. The van der Waals surface area contributed by atoms with E-state index in [0.717, 1.165) is 38.2 Å². The lowest BCUT2D eigenvalue weighted by Gasteiger charge is -2.36. The van der Waals surface area contributed by atoms with E-state index in [-0.39, 0.29) is 5.56 Å². The molecule has 0 amide bonds. The normalized spacial score (nSPS) is 18.0. The maximum absolute atomic E-state index is 11.9. The Balaban J connectivity index is 1.98. The third kappa shape index (κ3) is 3.86. The van der Waals surface area contributed by atoms with Crippen LogP contribution in [0.25, 0.3) is 0 Å². The van der Waals surface area contributed by atoms with E-state index >= 15 is 0 Å². The van der Waals surface area contributed by atoms with E-state index in [2.05, 4.69) is 45.1 Å². The number of anilines is 1. The Labute approximate surface area is 134 Å². The molecule has 0 spiro atoms. The molecule has 6 heteroatoms. The van der Waals surface area contributed by atoms with Gasteiger partial charge in [-0.1, -0.05) is 6.92 Å². The molecule has 1 aromatic rings. The fourth-order valence-electron chi connectivity index (χ4n) is 2.90. The predicted octanol–water partition coefficient (Wildman–Crippen LogP) is 2.15. The Hall–Kier alpha value is -0.880. The molecule has 2 rings (SSSR count). The third-order valence-electron chi connectivity index (χ3n) is 4.36. The first-order chi connectivity index (χ1) is 10.0. The monoisotopic (exact) mass is 356 g/mol. The molecule has 1 unspecified atom stereocenters. The zero-order valence-electron chi connectivity index (χ0n) is 13.1. The summed E-state index contributed by atoms with van der Waals surface area (Å²) in [6, 6.07) is 0.567. The van der Waals surface area contributed by atoms with Crippen molar-refractivity contribution in [2.75, 3.05) is 24.5 Å². The minimum Gasteiger partial charge on any atom is -0.369 e. The number of piperidine rings is 1. The molecule has 1 saturated heterocycles. The van der Waals surface area contributed by atoms with Gasteiger partial charge in [0.2, 0.25) is 0 Å². The van der Waals surface area contributed by atoms with E-state index < -0.39 is 0 Å². The second kappa shape index (κ2) is 7.40. The van der Waals surface area contributed by atoms with Gasteiger partial charge in [-0.3, -0.25) is 4.79 Å². The Bertz CT molecular complexity index is 523. The molecule has 1 aromatic heterocycles. The summed E-state index contributed by atoms with van der Waals surface area (Å²) in [6.45, 7) is 7.53.